The van der Waals surface area contributed by atoms with Crippen LogP contribution >= 0.6 is 0 Å². The SMILES string of the molecule is CC(N[S+]([O-])C(C)(C)C)c1cc(NC(=O)OC(C)(C)C)cc(C2(C)CC2)n1. The van der Waals surface area contributed by atoms with Gasteiger partial charge in [0.1, 0.15) is 10.3 Å². The van der Waals surface area contributed by atoms with Crippen molar-refractivity contribution in [1.82, 2.24) is 9.71 Å². The minimum Gasteiger partial charge on any atom is -0.598 e. The van der Waals surface area contributed by atoms with Crippen molar-refractivity contribution >= 4 is 23.1 Å². The number of ether oxygens (including phenoxy) is 1. The molecule has 0 saturated heterocycles. The summed E-state index contributed by atoms with van der Waals surface area (Å²) < 4.78 is 20.6. The second-order valence-electron chi connectivity index (χ2n) is 9.57. The number of carbonyl (C=O) groups excluding carboxylic acids is 1. The molecule has 6 nitrogen and oxygen atoms in total. The Morgan fingerprint density at radius 1 is 1.26 bits per heavy atom. The predicted octanol–water partition coefficient (Wildman–Crippen LogP) is 4.59. The molecule has 1 aliphatic carbocycles. The molecule has 2 rings (SSSR count). The van der Waals surface area contributed by atoms with Gasteiger partial charge in [0.15, 0.2) is 0 Å². The maximum atomic E-state index is 12.4. The van der Waals surface area contributed by atoms with Crippen molar-refractivity contribution in [1.29, 1.82) is 0 Å². The van der Waals surface area contributed by atoms with Crippen molar-refractivity contribution < 1.29 is 14.1 Å². The summed E-state index contributed by atoms with van der Waals surface area (Å²) in [6, 6.07) is 3.51. The van der Waals surface area contributed by atoms with Crippen molar-refractivity contribution in [2.75, 3.05) is 5.32 Å². The van der Waals surface area contributed by atoms with Crippen LogP contribution in [-0.4, -0.2) is 26.0 Å². The molecule has 1 amide bonds. The number of nitrogens with one attached hydrogen (secondary N) is 2. The highest BCUT2D eigenvalue weighted by Crippen LogP contribution is 2.47. The highest BCUT2D eigenvalue weighted by molar-refractivity contribution is 7.90. The van der Waals surface area contributed by atoms with Gasteiger partial charge in [-0.25, -0.2) is 4.79 Å². The predicted molar refractivity (Wildman–Crippen MR) is 110 cm³/mol. The smallest absolute Gasteiger partial charge is 0.412 e. The number of carbonyl (C=O) groups is 1. The van der Waals surface area contributed by atoms with E-state index in [0.717, 1.165) is 24.2 Å². The summed E-state index contributed by atoms with van der Waals surface area (Å²) in [5.41, 5.74) is 1.82. The van der Waals surface area contributed by atoms with Gasteiger partial charge < -0.3 is 9.29 Å². The quantitative estimate of drug-likeness (QED) is 0.712. The first-order valence-electron chi connectivity index (χ1n) is 9.40. The molecule has 1 fully saturated rings. The van der Waals surface area contributed by atoms with Crippen LogP contribution in [0.1, 0.15) is 85.7 Å². The van der Waals surface area contributed by atoms with Gasteiger partial charge in [0.05, 0.1) is 11.7 Å². The fourth-order valence-electron chi connectivity index (χ4n) is 2.42. The van der Waals surface area contributed by atoms with Crippen LogP contribution in [0.25, 0.3) is 0 Å². The Morgan fingerprint density at radius 2 is 1.85 bits per heavy atom. The highest BCUT2D eigenvalue weighted by Gasteiger charge is 2.41. The van der Waals surface area contributed by atoms with Crippen LogP contribution in [0.3, 0.4) is 0 Å². The molecule has 1 heterocycles. The molecule has 2 N–H and O–H groups in total. The van der Waals surface area contributed by atoms with Crippen LogP contribution in [-0.2, 0) is 21.5 Å². The first kappa shape index (κ1) is 22.0. The normalized spacial score (nSPS) is 18.6. The Hall–Kier alpha value is -1.31. The standard InChI is InChI=1S/C20H33N3O3S/c1-13(23-27(25)19(5,6)7)15-11-14(21-17(24)26-18(2,3)4)12-16(22-15)20(8)9-10-20/h11-13,23H,9-10H2,1-8H3,(H,21,22,24). The summed E-state index contributed by atoms with van der Waals surface area (Å²) in [4.78, 5) is 17.0. The topological polar surface area (TPSA) is 86.3 Å². The molecule has 0 spiro atoms. The Kier molecular flexibility index (Phi) is 6.19. The monoisotopic (exact) mass is 395 g/mol. The zero-order chi connectivity index (χ0) is 20.6. The van der Waals surface area contributed by atoms with Crippen molar-refractivity contribution in [2.45, 2.75) is 90.0 Å². The number of hydrogen-bond donors (Lipinski definition) is 2. The Bertz CT molecular complexity index is 691. The molecule has 1 saturated carbocycles. The average Bonchev–Trinajstić information content (AvgIpc) is 3.23. The Balaban J connectivity index is 2.25. The van der Waals surface area contributed by atoms with Gasteiger partial charge in [-0.1, -0.05) is 6.92 Å². The van der Waals surface area contributed by atoms with E-state index < -0.39 is 23.1 Å². The molecule has 152 valence electrons. The Morgan fingerprint density at radius 3 is 2.33 bits per heavy atom. The minimum absolute atomic E-state index is 0.0449. The lowest BCUT2D eigenvalue weighted by Gasteiger charge is -2.27. The summed E-state index contributed by atoms with van der Waals surface area (Å²) in [7, 11) is 0. The van der Waals surface area contributed by atoms with Gasteiger partial charge in [0, 0.05) is 28.2 Å². The van der Waals surface area contributed by atoms with Gasteiger partial charge in [-0.05, 0) is 73.4 Å². The summed E-state index contributed by atoms with van der Waals surface area (Å²) in [5.74, 6) is 0. The first-order valence-corrected chi connectivity index (χ1v) is 10.6. The molecule has 0 aromatic carbocycles. The molecular weight excluding hydrogens is 362 g/mol. The number of pyridine rings is 1. The van der Waals surface area contributed by atoms with E-state index in [2.05, 4.69) is 17.0 Å². The maximum absolute atomic E-state index is 12.4. The van der Waals surface area contributed by atoms with Gasteiger partial charge in [0.2, 0.25) is 0 Å². The minimum atomic E-state index is -1.21. The zero-order valence-corrected chi connectivity index (χ0v) is 18.5. The van der Waals surface area contributed by atoms with Gasteiger partial charge in [-0.15, -0.1) is 4.72 Å². The maximum Gasteiger partial charge on any atom is 0.412 e. The summed E-state index contributed by atoms with van der Waals surface area (Å²) in [6.45, 7) is 15.4. The third-order valence-corrected chi connectivity index (χ3v) is 6.07. The molecule has 2 atom stereocenters. The number of amides is 1. The lowest BCUT2D eigenvalue weighted by Crippen LogP contribution is -2.40. The van der Waals surface area contributed by atoms with Crippen molar-refractivity contribution in [3.05, 3.63) is 23.5 Å². The van der Waals surface area contributed by atoms with E-state index in [0.29, 0.717) is 5.69 Å². The number of hydrogen-bond acceptors (Lipinski definition) is 5. The summed E-state index contributed by atoms with van der Waals surface area (Å²) in [5, 5.41) is 2.81. The fourth-order valence-corrected chi connectivity index (χ4v) is 3.21. The summed E-state index contributed by atoms with van der Waals surface area (Å²) >= 11 is -1.21. The first-order chi connectivity index (χ1) is 12.2. The second kappa shape index (κ2) is 7.60. The lowest BCUT2D eigenvalue weighted by atomic mass is 10.0. The number of aromatic nitrogens is 1. The molecule has 27 heavy (non-hydrogen) atoms. The fraction of sp³-hybridized carbons (Fsp3) is 0.700. The molecule has 1 aromatic rings. The molecular formula is C20H33N3O3S. The third-order valence-electron chi connectivity index (χ3n) is 4.39. The van der Waals surface area contributed by atoms with Crippen molar-refractivity contribution in [3.8, 4) is 0 Å². The summed E-state index contributed by atoms with van der Waals surface area (Å²) in [6.07, 6.45) is 1.65. The Labute approximate surface area is 166 Å². The van der Waals surface area contributed by atoms with Gasteiger partial charge in [-0.2, -0.15) is 0 Å². The molecule has 2 unspecified atom stereocenters. The van der Waals surface area contributed by atoms with E-state index in [9.17, 15) is 9.35 Å². The van der Waals surface area contributed by atoms with Crippen LogP contribution in [0.5, 0.6) is 0 Å². The molecule has 7 heteroatoms. The van der Waals surface area contributed by atoms with Crippen molar-refractivity contribution in [3.63, 3.8) is 0 Å². The van der Waals surface area contributed by atoms with E-state index in [-0.39, 0.29) is 16.2 Å². The van der Waals surface area contributed by atoms with Crippen molar-refractivity contribution in [2.24, 2.45) is 0 Å². The van der Waals surface area contributed by atoms with E-state index in [1.807, 2.05) is 60.6 Å². The largest absolute Gasteiger partial charge is 0.598 e. The molecule has 0 aliphatic heterocycles. The number of anilines is 1. The lowest BCUT2D eigenvalue weighted by molar-refractivity contribution is 0.0636. The van der Waals surface area contributed by atoms with Gasteiger partial charge in [-0.3, -0.25) is 10.3 Å². The third kappa shape index (κ3) is 6.36. The van der Waals surface area contributed by atoms with E-state index in [1.165, 1.54) is 0 Å². The van der Waals surface area contributed by atoms with E-state index in [4.69, 9.17) is 9.72 Å². The second-order valence-corrected chi connectivity index (χ2v) is 11.6. The number of rotatable bonds is 5. The van der Waals surface area contributed by atoms with Crippen LogP contribution in [0.4, 0.5) is 10.5 Å². The van der Waals surface area contributed by atoms with Crippen LogP contribution in [0, 0.1) is 0 Å². The molecule has 0 radical (unpaired) electrons. The zero-order valence-electron chi connectivity index (χ0n) is 17.7. The number of nitrogens with zero attached hydrogens (tertiary/aromatic N) is 1. The van der Waals surface area contributed by atoms with Gasteiger partial charge in [0.25, 0.3) is 0 Å². The van der Waals surface area contributed by atoms with Crippen LogP contribution < -0.4 is 10.0 Å². The molecule has 1 aromatic heterocycles. The molecule has 1 aliphatic rings. The molecule has 0 bridgehead atoms. The van der Waals surface area contributed by atoms with Crippen LogP contribution in [0.2, 0.25) is 0 Å². The van der Waals surface area contributed by atoms with E-state index in [1.54, 1.807) is 0 Å². The average molecular weight is 396 g/mol. The van der Waals surface area contributed by atoms with E-state index >= 15 is 0 Å². The van der Waals surface area contributed by atoms with Gasteiger partial charge >= 0.3 is 6.09 Å². The highest BCUT2D eigenvalue weighted by atomic mass is 32.2. The van der Waals surface area contributed by atoms with Crippen LogP contribution in [0.15, 0.2) is 12.1 Å².